The van der Waals surface area contributed by atoms with E-state index in [1.807, 2.05) is 53.2 Å². The van der Waals surface area contributed by atoms with E-state index in [4.69, 9.17) is 0 Å². The van der Waals surface area contributed by atoms with Crippen LogP contribution in [0.4, 0.5) is 5.69 Å². The number of anilines is 1. The van der Waals surface area contributed by atoms with Gasteiger partial charge in [-0.05, 0) is 29.8 Å². The molecule has 0 spiro atoms. The zero-order chi connectivity index (χ0) is 19.5. The number of carbonyl (C=O) groups is 1. The van der Waals surface area contributed by atoms with Crippen molar-refractivity contribution in [3.63, 3.8) is 0 Å². The summed E-state index contributed by atoms with van der Waals surface area (Å²) in [4.78, 5) is 19.3. The third-order valence-electron chi connectivity index (χ3n) is 4.41. The molecule has 0 fully saturated rings. The van der Waals surface area contributed by atoms with Crippen molar-refractivity contribution >= 4 is 11.6 Å². The Hall–Kier alpha value is -4.00. The van der Waals surface area contributed by atoms with Crippen molar-refractivity contribution in [1.29, 1.82) is 0 Å². The highest BCUT2D eigenvalue weighted by Crippen LogP contribution is 2.32. The van der Waals surface area contributed by atoms with Crippen molar-refractivity contribution in [3.05, 3.63) is 90.1 Å². The van der Waals surface area contributed by atoms with Gasteiger partial charge in [-0.15, -0.1) is 0 Å². The molecular formula is C21H18N4O3. The number of aromatic hydroxyl groups is 2. The Morgan fingerprint density at radius 3 is 2.50 bits per heavy atom. The summed E-state index contributed by atoms with van der Waals surface area (Å²) < 4.78 is 1.84. The summed E-state index contributed by atoms with van der Waals surface area (Å²) in [6.45, 7) is 0. The normalized spacial score (nSPS) is 10.7. The summed E-state index contributed by atoms with van der Waals surface area (Å²) in [5.41, 5.74) is 2.58. The van der Waals surface area contributed by atoms with E-state index in [1.165, 1.54) is 0 Å². The monoisotopic (exact) mass is 374 g/mol. The van der Waals surface area contributed by atoms with E-state index in [9.17, 15) is 15.0 Å². The number of H-pyrrole nitrogens is 1. The highest BCUT2D eigenvalue weighted by atomic mass is 16.3. The molecule has 140 valence electrons. The molecule has 0 saturated carbocycles. The molecule has 0 saturated heterocycles. The smallest absolute Gasteiger partial charge is 0.264 e. The van der Waals surface area contributed by atoms with Gasteiger partial charge >= 0.3 is 0 Å². The Labute approximate surface area is 160 Å². The van der Waals surface area contributed by atoms with Crippen molar-refractivity contribution in [3.8, 4) is 17.3 Å². The molecular weight excluding hydrogens is 356 g/mol. The fourth-order valence-corrected chi connectivity index (χ4v) is 2.99. The summed E-state index contributed by atoms with van der Waals surface area (Å²) in [6.07, 6.45) is 5.54. The number of nitrogens with one attached hydrogen (secondary N) is 2. The van der Waals surface area contributed by atoms with Crippen molar-refractivity contribution in [2.75, 3.05) is 5.32 Å². The number of imidazole rings is 1. The number of aromatic amines is 1. The lowest BCUT2D eigenvalue weighted by Gasteiger charge is -2.07. The van der Waals surface area contributed by atoms with Crippen LogP contribution in [-0.4, -0.2) is 30.7 Å². The van der Waals surface area contributed by atoms with E-state index in [1.54, 1.807) is 24.7 Å². The van der Waals surface area contributed by atoms with Crippen LogP contribution in [0.2, 0.25) is 0 Å². The van der Waals surface area contributed by atoms with E-state index in [-0.39, 0.29) is 17.2 Å². The minimum atomic E-state index is -0.596. The zero-order valence-corrected chi connectivity index (χ0v) is 14.8. The van der Waals surface area contributed by atoms with Gasteiger partial charge in [-0.3, -0.25) is 4.79 Å². The van der Waals surface area contributed by atoms with Crippen LogP contribution >= 0.6 is 0 Å². The standard InChI is InChI=1S/C21H18N4O3/c26-19-17(12-14-4-2-1-3-5-14)24-21(28)18(19)20(27)23-15-6-8-16(9-7-15)25-11-10-22-13-25/h1-11,13,24,26,28H,12H2,(H,23,27). The number of aromatic nitrogens is 3. The van der Waals surface area contributed by atoms with Crippen LogP contribution in [0, 0.1) is 0 Å². The summed E-state index contributed by atoms with van der Waals surface area (Å²) in [5, 5.41) is 23.2. The number of rotatable bonds is 5. The number of benzene rings is 2. The molecule has 0 atom stereocenters. The molecule has 4 rings (SSSR count). The summed E-state index contributed by atoms with van der Waals surface area (Å²) >= 11 is 0. The first-order valence-electron chi connectivity index (χ1n) is 8.68. The van der Waals surface area contributed by atoms with Gasteiger partial charge in [0.05, 0.1) is 12.0 Å². The number of hydrogen-bond acceptors (Lipinski definition) is 4. The predicted octanol–water partition coefficient (Wildman–Crippen LogP) is 3.45. The Morgan fingerprint density at radius 1 is 1.07 bits per heavy atom. The van der Waals surface area contributed by atoms with Crippen LogP contribution < -0.4 is 5.32 Å². The molecule has 7 heteroatoms. The van der Waals surface area contributed by atoms with Crippen LogP contribution in [0.5, 0.6) is 11.6 Å². The van der Waals surface area contributed by atoms with Crippen LogP contribution in [0.3, 0.4) is 0 Å². The first-order valence-corrected chi connectivity index (χ1v) is 8.68. The lowest BCUT2D eigenvalue weighted by atomic mass is 10.1. The zero-order valence-electron chi connectivity index (χ0n) is 14.8. The molecule has 4 N–H and O–H groups in total. The van der Waals surface area contributed by atoms with Crippen molar-refractivity contribution in [2.45, 2.75) is 6.42 Å². The second-order valence-corrected chi connectivity index (χ2v) is 6.31. The van der Waals surface area contributed by atoms with Gasteiger partial charge in [0.2, 0.25) is 5.88 Å². The molecule has 2 aromatic carbocycles. The Kier molecular flexibility index (Phi) is 4.55. The van der Waals surface area contributed by atoms with Crippen molar-refractivity contribution in [2.24, 2.45) is 0 Å². The van der Waals surface area contributed by atoms with E-state index in [0.29, 0.717) is 17.8 Å². The molecule has 0 aliphatic carbocycles. The number of hydrogen-bond donors (Lipinski definition) is 4. The second kappa shape index (κ2) is 7.32. The Morgan fingerprint density at radius 2 is 1.82 bits per heavy atom. The molecule has 0 aliphatic heterocycles. The maximum absolute atomic E-state index is 12.6. The Bertz CT molecular complexity index is 1080. The molecule has 1 amide bonds. The molecule has 4 aromatic rings. The highest BCUT2D eigenvalue weighted by Gasteiger charge is 2.23. The van der Waals surface area contributed by atoms with Crippen LogP contribution in [0.25, 0.3) is 5.69 Å². The fourth-order valence-electron chi connectivity index (χ4n) is 2.99. The minimum absolute atomic E-state index is 0.176. The maximum atomic E-state index is 12.6. The third-order valence-corrected chi connectivity index (χ3v) is 4.41. The van der Waals surface area contributed by atoms with Crippen molar-refractivity contribution < 1.29 is 15.0 Å². The van der Waals surface area contributed by atoms with E-state index >= 15 is 0 Å². The Balaban J connectivity index is 1.52. The van der Waals surface area contributed by atoms with Crippen LogP contribution in [0.15, 0.2) is 73.3 Å². The molecule has 2 aromatic heterocycles. The molecule has 28 heavy (non-hydrogen) atoms. The van der Waals surface area contributed by atoms with E-state index in [2.05, 4.69) is 15.3 Å². The predicted molar refractivity (Wildman–Crippen MR) is 105 cm³/mol. The van der Waals surface area contributed by atoms with E-state index < -0.39 is 5.91 Å². The molecule has 0 bridgehead atoms. The van der Waals surface area contributed by atoms with Gasteiger partial charge in [-0.25, -0.2) is 4.98 Å². The average Bonchev–Trinajstić information content (AvgIpc) is 3.32. The summed E-state index contributed by atoms with van der Waals surface area (Å²) in [5.74, 6) is -1.22. The number of amides is 1. The summed E-state index contributed by atoms with van der Waals surface area (Å²) in [6, 6.07) is 16.6. The first-order chi connectivity index (χ1) is 13.6. The van der Waals surface area contributed by atoms with Gasteiger partial charge in [0.1, 0.15) is 5.56 Å². The highest BCUT2D eigenvalue weighted by molar-refractivity contribution is 6.08. The first kappa shape index (κ1) is 17.4. The van der Waals surface area contributed by atoms with Gasteiger partial charge < -0.3 is 25.1 Å². The number of carbonyl (C=O) groups excluding carboxylic acids is 1. The lowest BCUT2D eigenvalue weighted by Crippen LogP contribution is -2.11. The van der Waals surface area contributed by atoms with Crippen molar-refractivity contribution in [1.82, 2.24) is 14.5 Å². The topological polar surface area (TPSA) is 103 Å². The largest absolute Gasteiger partial charge is 0.505 e. The minimum Gasteiger partial charge on any atom is -0.505 e. The van der Waals surface area contributed by atoms with Gasteiger partial charge in [0, 0.05) is 30.2 Å². The van der Waals surface area contributed by atoms with Crippen LogP contribution in [0.1, 0.15) is 21.6 Å². The van der Waals surface area contributed by atoms with Gasteiger partial charge in [0.15, 0.2) is 5.75 Å². The summed E-state index contributed by atoms with van der Waals surface area (Å²) in [7, 11) is 0. The second-order valence-electron chi connectivity index (χ2n) is 6.31. The van der Waals surface area contributed by atoms with Gasteiger partial charge in [-0.2, -0.15) is 0 Å². The fraction of sp³-hybridized carbons (Fsp3) is 0.0476. The SMILES string of the molecule is O=C(Nc1ccc(-n2ccnc2)cc1)c1c(O)[nH]c(Cc2ccccc2)c1O. The maximum Gasteiger partial charge on any atom is 0.264 e. The molecule has 0 radical (unpaired) electrons. The van der Waals surface area contributed by atoms with Gasteiger partial charge in [0.25, 0.3) is 5.91 Å². The van der Waals surface area contributed by atoms with Gasteiger partial charge in [-0.1, -0.05) is 30.3 Å². The van der Waals surface area contributed by atoms with Crippen LogP contribution in [-0.2, 0) is 6.42 Å². The third kappa shape index (κ3) is 3.45. The molecule has 0 aliphatic rings. The molecule has 2 heterocycles. The number of nitrogens with zero attached hydrogens (tertiary/aromatic N) is 2. The molecule has 7 nitrogen and oxygen atoms in total. The average molecular weight is 374 g/mol. The van der Waals surface area contributed by atoms with E-state index in [0.717, 1.165) is 11.3 Å². The lowest BCUT2D eigenvalue weighted by molar-refractivity contribution is 0.102. The molecule has 0 unspecified atom stereocenters. The quantitative estimate of drug-likeness (QED) is 0.429.